The minimum absolute atomic E-state index is 0.412. The normalized spacial score (nSPS) is 10.1. The molecule has 0 saturated heterocycles. The minimum atomic E-state index is 0.412. The Balaban J connectivity index is 2.04. The summed E-state index contributed by atoms with van der Waals surface area (Å²) in [5, 5.41) is 7.89. The van der Waals surface area contributed by atoms with Crippen LogP contribution in [-0.2, 0) is 0 Å². The van der Waals surface area contributed by atoms with Crippen molar-refractivity contribution >= 4 is 63.5 Å². The van der Waals surface area contributed by atoms with Gasteiger partial charge in [0, 0.05) is 11.4 Å². The minimum Gasteiger partial charge on any atom is -0.495 e. The van der Waals surface area contributed by atoms with Crippen molar-refractivity contribution in [3.63, 3.8) is 0 Å². The van der Waals surface area contributed by atoms with Crippen LogP contribution in [0.2, 0.25) is 15.1 Å². The highest BCUT2D eigenvalue weighted by atomic mass is 35.5. The van der Waals surface area contributed by atoms with Crippen LogP contribution in [0, 0.1) is 0 Å². The summed E-state index contributed by atoms with van der Waals surface area (Å²) in [6, 6.07) is 10.5. The third-order valence-electron chi connectivity index (χ3n) is 2.59. The van der Waals surface area contributed by atoms with Gasteiger partial charge in [0.1, 0.15) is 5.75 Å². The molecule has 0 aliphatic carbocycles. The SMILES string of the molecule is COc1ccc(NC(=S)Nc2ccc(Cl)c(Cl)c2)cc1Cl. The number of ether oxygens (including phenoxy) is 1. The average molecular weight is 362 g/mol. The molecule has 2 rings (SSSR count). The molecule has 0 fully saturated rings. The molecule has 0 aliphatic heterocycles. The van der Waals surface area contributed by atoms with E-state index in [9.17, 15) is 0 Å². The van der Waals surface area contributed by atoms with Crippen LogP contribution in [0.4, 0.5) is 11.4 Å². The van der Waals surface area contributed by atoms with Crippen molar-refractivity contribution < 1.29 is 4.74 Å². The maximum Gasteiger partial charge on any atom is 0.175 e. The Labute approximate surface area is 143 Å². The number of hydrogen-bond acceptors (Lipinski definition) is 2. The fourth-order valence-electron chi connectivity index (χ4n) is 1.61. The molecule has 0 amide bonds. The second kappa shape index (κ2) is 7.18. The van der Waals surface area contributed by atoms with E-state index in [4.69, 9.17) is 51.8 Å². The molecule has 0 bridgehead atoms. The van der Waals surface area contributed by atoms with E-state index in [1.807, 2.05) is 6.07 Å². The van der Waals surface area contributed by atoms with Gasteiger partial charge in [-0.3, -0.25) is 0 Å². The molecule has 0 saturated carbocycles. The van der Waals surface area contributed by atoms with Crippen molar-refractivity contribution in [3.8, 4) is 5.75 Å². The van der Waals surface area contributed by atoms with Crippen LogP contribution >= 0.6 is 47.0 Å². The summed E-state index contributed by atoms with van der Waals surface area (Å²) in [4.78, 5) is 0. The Morgan fingerprint density at radius 3 is 2.00 bits per heavy atom. The quantitative estimate of drug-likeness (QED) is 0.711. The highest BCUT2D eigenvalue weighted by molar-refractivity contribution is 7.80. The van der Waals surface area contributed by atoms with Crippen LogP contribution in [0.25, 0.3) is 0 Å². The molecule has 0 spiro atoms. The van der Waals surface area contributed by atoms with Crippen molar-refractivity contribution in [1.82, 2.24) is 0 Å². The van der Waals surface area contributed by atoms with Gasteiger partial charge in [0.25, 0.3) is 0 Å². The molecule has 2 aromatic rings. The maximum absolute atomic E-state index is 6.05. The second-order valence-corrected chi connectivity index (χ2v) is 5.69. The lowest BCUT2D eigenvalue weighted by molar-refractivity contribution is 0.415. The lowest BCUT2D eigenvalue weighted by atomic mass is 10.3. The molecule has 0 heterocycles. The molecule has 0 radical (unpaired) electrons. The van der Waals surface area contributed by atoms with E-state index in [2.05, 4.69) is 10.6 Å². The maximum atomic E-state index is 6.05. The Bertz CT molecular complexity index is 679. The number of halogens is 3. The number of rotatable bonds is 3. The lowest BCUT2D eigenvalue weighted by Crippen LogP contribution is -2.19. The van der Waals surface area contributed by atoms with Crippen LogP contribution in [0.1, 0.15) is 0 Å². The summed E-state index contributed by atoms with van der Waals surface area (Å²) in [5.41, 5.74) is 1.49. The first-order chi connectivity index (χ1) is 9.99. The first-order valence-corrected chi connectivity index (χ1v) is 7.40. The number of anilines is 2. The van der Waals surface area contributed by atoms with Crippen LogP contribution in [0.15, 0.2) is 36.4 Å². The van der Waals surface area contributed by atoms with Crippen LogP contribution in [0.5, 0.6) is 5.75 Å². The Kier molecular flexibility index (Phi) is 5.53. The van der Waals surface area contributed by atoms with E-state index in [1.54, 1.807) is 37.4 Å². The van der Waals surface area contributed by atoms with Crippen molar-refractivity contribution in [1.29, 1.82) is 0 Å². The molecule has 21 heavy (non-hydrogen) atoms. The summed E-state index contributed by atoms with van der Waals surface area (Å²) in [5.74, 6) is 0.602. The molecule has 0 atom stereocenters. The van der Waals surface area contributed by atoms with E-state index in [-0.39, 0.29) is 0 Å². The number of methoxy groups -OCH3 is 1. The molecule has 3 nitrogen and oxygen atoms in total. The molecular formula is C14H11Cl3N2OS. The first-order valence-electron chi connectivity index (χ1n) is 5.86. The van der Waals surface area contributed by atoms with Gasteiger partial charge in [-0.15, -0.1) is 0 Å². The fourth-order valence-corrected chi connectivity index (χ4v) is 2.40. The Morgan fingerprint density at radius 2 is 1.48 bits per heavy atom. The Hall–Kier alpha value is -1.20. The lowest BCUT2D eigenvalue weighted by Gasteiger charge is -2.12. The van der Waals surface area contributed by atoms with Gasteiger partial charge in [-0.25, -0.2) is 0 Å². The molecule has 110 valence electrons. The standard InChI is InChI=1S/C14H11Cl3N2OS/c1-20-13-5-3-9(7-12(13)17)19-14(21)18-8-2-4-10(15)11(16)6-8/h2-7H,1H3,(H2,18,19,21). The number of nitrogens with one attached hydrogen (secondary N) is 2. The van der Waals surface area contributed by atoms with Crippen molar-refractivity contribution in [2.75, 3.05) is 17.7 Å². The highest BCUT2D eigenvalue weighted by Gasteiger charge is 2.05. The van der Waals surface area contributed by atoms with Gasteiger partial charge in [0.05, 0.1) is 22.2 Å². The summed E-state index contributed by atoms with van der Waals surface area (Å²) < 4.78 is 5.09. The second-order valence-electron chi connectivity index (χ2n) is 4.06. The largest absolute Gasteiger partial charge is 0.495 e. The number of benzene rings is 2. The molecule has 0 aromatic heterocycles. The zero-order chi connectivity index (χ0) is 15.4. The summed E-state index contributed by atoms with van der Waals surface area (Å²) in [7, 11) is 1.56. The van der Waals surface area contributed by atoms with Gasteiger partial charge < -0.3 is 15.4 Å². The van der Waals surface area contributed by atoms with Gasteiger partial charge in [0.2, 0.25) is 0 Å². The fraction of sp³-hybridized carbons (Fsp3) is 0.0714. The van der Waals surface area contributed by atoms with Crippen molar-refractivity contribution in [2.24, 2.45) is 0 Å². The summed E-state index contributed by atoms with van der Waals surface area (Å²) in [6.07, 6.45) is 0. The van der Waals surface area contributed by atoms with Gasteiger partial charge in [-0.2, -0.15) is 0 Å². The van der Waals surface area contributed by atoms with E-state index in [1.165, 1.54) is 0 Å². The summed E-state index contributed by atoms with van der Waals surface area (Å²) in [6.45, 7) is 0. The topological polar surface area (TPSA) is 33.3 Å². The van der Waals surface area contributed by atoms with Gasteiger partial charge >= 0.3 is 0 Å². The number of thiocarbonyl (C=S) groups is 1. The van der Waals surface area contributed by atoms with E-state index < -0.39 is 0 Å². The van der Waals surface area contributed by atoms with Crippen LogP contribution in [0.3, 0.4) is 0 Å². The van der Waals surface area contributed by atoms with Gasteiger partial charge in [-0.1, -0.05) is 34.8 Å². The van der Waals surface area contributed by atoms with Crippen LogP contribution in [-0.4, -0.2) is 12.2 Å². The molecule has 2 N–H and O–H groups in total. The molecule has 7 heteroatoms. The molecule has 0 aliphatic rings. The third kappa shape index (κ3) is 4.38. The third-order valence-corrected chi connectivity index (χ3v) is 3.83. The smallest absolute Gasteiger partial charge is 0.175 e. The zero-order valence-electron chi connectivity index (χ0n) is 10.9. The number of hydrogen-bond donors (Lipinski definition) is 2. The predicted octanol–water partition coefficient (Wildman–Crippen LogP) is 5.46. The monoisotopic (exact) mass is 360 g/mol. The van der Waals surface area contributed by atoms with E-state index in [0.717, 1.165) is 11.4 Å². The summed E-state index contributed by atoms with van der Waals surface area (Å²) >= 11 is 23.1. The molecular weight excluding hydrogens is 351 g/mol. The van der Waals surface area contributed by atoms with Crippen LogP contribution < -0.4 is 15.4 Å². The van der Waals surface area contributed by atoms with E-state index >= 15 is 0 Å². The van der Waals surface area contributed by atoms with E-state index in [0.29, 0.717) is 25.9 Å². The first kappa shape index (κ1) is 16.2. The van der Waals surface area contributed by atoms with Gasteiger partial charge in [-0.05, 0) is 48.6 Å². The predicted molar refractivity (Wildman–Crippen MR) is 94.3 cm³/mol. The molecule has 0 unspecified atom stereocenters. The zero-order valence-corrected chi connectivity index (χ0v) is 14.0. The van der Waals surface area contributed by atoms with Gasteiger partial charge in [0.15, 0.2) is 5.11 Å². The average Bonchev–Trinajstić information content (AvgIpc) is 2.43. The van der Waals surface area contributed by atoms with Crippen molar-refractivity contribution in [3.05, 3.63) is 51.5 Å². The highest BCUT2D eigenvalue weighted by Crippen LogP contribution is 2.28. The Morgan fingerprint density at radius 1 is 0.905 bits per heavy atom. The molecule has 2 aromatic carbocycles. The van der Waals surface area contributed by atoms with Crippen molar-refractivity contribution in [2.45, 2.75) is 0 Å².